The molecule has 0 radical (unpaired) electrons. The van der Waals surface area contributed by atoms with Gasteiger partial charge >= 0.3 is 12.4 Å². The second-order valence-corrected chi connectivity index (χ2v) is 9.30. The van der Waals surface area contributed by atoms with E-state index in [1.165, 1.54) is 48.1 Å². The summed E-state index contributed by atoms with van der Waals surface area (Å²) in [6, 6.07) is 9.72. The molecule has 1 unspecified atom stereocenters. The lowest BCUT2D eigenvalue weighted by Crippen LogP contribution is -2.25. The Labute approximate surface area is 232 Å². The van der Waals surface area contributed by atoms with Gasteiger partial charge < -0.3 is 5.11 Å². The molecule has 0 saturated heterocycles. The summed E-state index contributed by atoms with van der Waals surface area (Å²) < 4.78 is 74.8. The van der Waals surface area contributed by atoms with Gasteiger partial charge in [-0.25, -0.2) is 0 Å². The molecule has 4 heterocycles. The molecule has 4 aromatic heterocycles. The van der Waals surface area contributed by atoms with Crippen molar-refractivity contribution in [2.75, 3.05) is 0 Å². The number of rotatable bonds is 5. The SMILES string of the molecule is CC(=O)c1ccn(CC(F)(F)F)n1.CC(O)(c1ccncc1)c1ccn(CC(F)(F)F)n1.Ic1ccncc1. The van der Waals surface area contributed by atoms with Crippen LogP contribution in [0, 0.1) is 3.57 Å². The summed E-state index contributed by atoms with van der Waals surface area (Å²) >= 11 is 2.24. The van der Waals surface area contributed by atoms with Crippen LogP contribution in [0.1, 0.15) is 35.6 Å². The zero-order chi connectivity index (χ0) is 29.3. The predicted octanol–water partition coefficient (Wildman–Crippen LogP) is 5.43. The maximum Gasteiger partial charge on any atom is 0.408 e. The highest BCUT2D eigenvalue weighted by Gasteiger charge is 2.32. The van der Waals surface area contributed by atoms with Crippen molar-refractivity contribution in [2.24, 2.45) is 0 Å². The number of aliphatic hydroxyl groups is 1. The Morgan fingerprint density at radius 2 is 1.28 bits per heavy atom. The Morgan fingerprint density at radius 3 is 1.69 bits per heavy atom. The number of halogens is 7. The number of ketones is 1. The molecule has 0 aromatic carbocycles. The minimum Gasteiger partial charge on any atom is -0.379 e. The van der Waals surface area contributed by atoms with Gasteiger partial charge in [-0.2, -0.15) is 36.5 Å². The third-order valence-corrected chi connectivity index (χ3v) is 5.42. The average Bonchev–Trinajstić information content (AvgIpc) is 3.49. The number of carbonyl (C=O) groups is 1. The maximum absolute atomic E-state index is 12.2. The number of nitrogens with zero attached hydrogens (tertiary/aromatic N) is 6. The van der Waals surface area contributed by atoms with E-state index in [9.17, 15) is 36.2 Å². The van der Waals surface area contributed by atoms with Crippen LogP contribution in [-0.2, 0) is 18.7 Å². The molecule has 0 bridgehead atoms. The van der Waals surface area contributed by atoms with Crippen molar-refractivity contribution in [2.45, 2.75) is 44.9 Å². The van der Waals surface area contributed by atoms with E-state index < -0.39 is 31.0 Å². The topological polar surface area (TPSA) is 98.7 Å². The molecule has 0 fully saturated rings. The van der Waals surface area contributed by atoms with Gasteiger partial charge in [0.2, 0.25) is 0 Å². The molecule has 0 amide bonds. The first-order valence-electron chi connectivity index (χ1n) is 11.0. The summed E-state index contributed by atoms with van der Waals surface area (Å²) in [6.07, 6.45) is 0.227. The van der Waals surface area contributed by atoms with Gasteiger partial charge in [0.15, 0.2) is 5.78 Å². The van der Waals surface area contributed by atoms with Gasteiger partial charge in [-0.3, -0.25) is 24.1 Å². The fourth-order valence-electron chi connectivity index (χ4n) is 2.87. The molecule has 1 N–H and O–H groups in total. The van der Waals surface area contributed by atoms with E-state index in [1.807, 2.05) is 12.1 Å². The van der Waals surface area contributed by atoms with Crippen molar-refractivity contribution in [1.29, 1.82) is 0 Å². The zero-order valence-corrected chi connectivity index (χ0v) is 22.7. The number of Topliss-reactive ketones (excluding diaryl/α,β-unsaturated/α-hetero) is 1. The number of aromatic nitrogens is 6. The summed E-state index contributed by atoms with van der Waals surface area (Å²) in [6.45, 7) is 0.378. The molecule has 4 rings (SSSR count). The number of hydrogen-bond donors (Lipinski definition) is 1. The first kappa shape index (κ1) is 31.9. The van der Waals surface area contributed by atoms with Crippen LogP contribution in [-0.4, -0.2) is 52.8 Å². The highest BCUT2D eigenvalue weighted by Crippen LogP contribution is 2.27. The highest BCUT2D eigenvalue weighted by atomic mass is 127. The Hall–Kier alpha value is -3.34. The Bertz CT molecular complexity index is 1310. The molecule has 8 nitrogen and oxygen atoms in total. The van der Waals surface area contributed by atoms with Crippen LogP contribution >= 0.6 is 22.6 Å². The third kappa shape index (κ3) is 11.5. The van der Waals surface area contributed by atoms with Crippen molar-refractivity contribution in [3.63, 3.8) is 0 Å². The Morgan fingerprint density at radius 1 is 0.821 bits per heavy atom. The molecular formula is C24H23F6IN6O2. The predicted molar refractivity (Wildman–Crippen MR) is 136 cm³/mol. The van der Waals surface area contributed by atoms with Crippen molar-refractivity contribution in [3.05, 3.63) is 94.1 Å². The average molecular weight is 668 g/mol. The molecule has 0 saturated carbocycles. The van der Waals surface area contributed by atoms with E-state index in [2.05, 4.69) is 42.8 Å². The lowest BCUT2D eigenvalue weighted by molar-refractivity contribution is -0.143. The van der Waals surface area contributed by atoms with E-state index in [-0.39, 0.29) is 17.2 Å². The fourth-order valence-corrected chi connectivity index (χ4v) is 3.19. The number of pyridine rings is 2. The van der Waals surface area contributed by atoms with Crippen LogP contribution in [0.3, 0.4) is 0 Å². The molecule has 210 valence electrons. The molecule has 0 spiro atoms. The summed E-state index contributed by atoms with van der Waals surface area (Å²) in [4.78, 5) is 18.3. The second kappa shape index (κ2) is 13.6. The van der Waals surface area contributed by atoms with Crippen molar-refractivity contribution in [1.82, 2.24) is 29.5 Å². The van der Waals surface area contributed by atoms with Crippen LogP contribution < -0.4 is 0 Å². The minimum absolute atomic E-state index is 0.0456. The molecule has 0 aliphatic heterocycles. The van der Waals surface area contributed by atoms with Crippen molar-refractivity contribution < 1.29 is 36.2 Å². The van der Waals surface area contributed by atoms with E-state index in [1.54, 1.807) is 24.5 Å². The summed E-state index contributed by atoms with van der Waals surface area (Å²) in [5.41, 5.74) is -0.744. The molecule has 15 heteroatoms. The van der Waals surface area contributed by atoms with Crippen LogP contribution in [0.5, 0.6) is 0 Å². The van der Waals surface area contributed by atoms with E-state index in [0.717, 1.165) is 10.9 Å². The molecule has 0 aliphatic carbocycles. The second-order valence-electron chi connectivity index (χ2n) is 8.06. The monoisotopic (exact) mass is 668 g/mol. The smallest absolute Gasteiger partial charge is 0.379 e. The molecule has 39 heavy (non-hydrogen) atoms. The number of alkyl halides is 6. The van der Waals surface area contributed by atoms with Crippen LogP contribution in [0.2, 0.25) is 0 Å². The van der Waals surface area contributed by atoms with Gasteiger partial charge in [-0.1, -0.05) is 0 Å². The van der Waals surface area contributed by atoms with E-state index in [0.29, 0.717) is 10.2 Å². The molecule has 1 atom stereocenters. The van der Waals surface area contributed by atoms with Gasteiger partial charge in [0.25, 0.3) is 0 Å². The van der Waals surface area contributed by atoms with Gasteiger partial charge in [0.05, 0.1) is 5.69 Å². The summed E-state index contributed by atoms with van der Waals surface area (Å²) in [7, 11) is 0. The van der Waals surface area contributed by atoms with E-state index >= 15 is 0 Å². The molecule has 0 aliphatic rings. The molecular weight excluding hydrogens is 645 g/mol. The first-order valence-corrected chi connectivity index (χ1v) is 12.0. The lowest BCUT2D eigenvalue weighted by atomic mass is 9.94. The van der Waals surface area contributed by atoms with Gasteiger partial charge in [0.1, 0.15) is 24.4 Å². The standard InChI is InChI=1S/C12H12F3N3O.C7H7F3N2O.C5H4IN/c1-11(19,9-2-5-16-6-3-9)10-4-7-18(17-10)8-12(13,14)15;1-5(13)6-2-3-12(11-6)4-7(8,9)10;6-5-1-3-7-4-2-5/h2-7,19H,8H2,1H3;2-3H,4H2,1H3;1-4H. The Kier molecular flexibility index (Phi) is 11.1. The molecule has 4 aromatic rings. The first-order chi connectivity index (χ1) is 18.1. The minimum atomic E-state index is -4.34. The maximum atomic E-state index is 12.2. The van der Waals surface area contributed by atoms with Gasteiger partial charge in [0, 0.05) is 47.7 Å². The quantitative estimate of drug-likeness (QED) is 0.173. The van der Waals surface area contributed by atoms with E-state index in [4.69, 9.17) is 0 Å². The van der Waals surface area contributed by atoms with Crippen LogP contribution in [0.15, 0.2) is 73.6 Å². The summed E-state index contributed by atoms with van der Waals surface area (Å²) in [5.74, 6) is -0.346. The highest BCUT2D eigenvalue weighted by molar-refractivity contribution is 14.1. The van der Waals surface area contributed by atoms with Crippen LogP contribution in [0.4, 0.5) is 26.3 Å². The largest absolute Gasteiger partial charge is 0.408 e. The Balaban J connectivity index is 0.000000229. The summed E-state index contributed by atoms with van der Waals surface area (Å²) in [5, 5.41) is 17.6. The number of carbonyl (C=O) groups excluding carboxylic acids is 1. The van der Waals surface area contributed by atoms with Crippen LogP contribution in [0.25, 0.3) is 0 Å². The van der Waals surface area contributed by atoms with Gasteiger partial charge in [-0.05, 0) is 71.5 Å². The fraction of sp³-hybridized carbons (Fsp3) is 0.292. The zero-order valence-electron chi connectivity index (χ0n) is 20.5. The lowest BCUT2D eigenvalue weighted by Gasteiger charge is -2.21. The van der Waals surface area contributed by atoms with Crippen molar-refractivity contribution in [3.8, 4) is 0 Å². The number of hydrogen-bond acceptors (Lipinski definition) is 6. The van der Waals surface area contributed by atoms with Crippen molar-refractivity contribution >= 4 is 28.4 Å². The third-order valence-electron chi connectivity index (χ3n) is 4.71. The normalized spacial score (nSPS) is 12.9. The van der Waals surface area contributed by atoms with Gasteiger partial charge in [-0.15, -0.1) is 0 Å².